The summed E-state index contributed by atoms with van der Waals surface area (Å²) in [5.41, 5.74) is 1.15. The molecule has 5 heteroatoms. The Hall–Kier alpha value is -1.59. The van der Waals surface area contributed by atoms with Gasteiger partial charge in [-0.3, -0.25) is 0 Å². The van der Waals surface area contributed by atoms with Crippen LogP contribution in [0.3, 0.4) is 0 Å². The summed E-state index contributed by atoms with van der Waals surface area (Å²) in [5, 5.41) is 13.2. The standard InChI is InChI=1S/C12H15N3O2/c16-12(5-6-17-8-12)7-13-11-14-9-3-1-2-4-10(9)15-11/h1-4,16H,5-8H2,(H2,13,14,15). The van der Waals surface area contributed by atoms with Crippen LogP contribution in [0.15, 0.2) is 24.3 Å². The number of anilines is 1. The average Bonchev–Trinajstić information content (AvgIpc) is 2.93. The zero-order valence-corrected chi connectivity index (χ0v) is 9.44. The maximum absolute atomic E-state index is 10.1. The highest BCUT2D eigenvalue weighted by molar-refractivity contribution is 5.77. The Morgan fingerprint density at radius 3 is 3.12 bits per heavy atom. The molecule has 1 unspecified atom stereocenters. The first kappa shape index (κ1) is 10.6. The van der Waals surface area contributed by atoms with Crippen LogP contribution in [-0.2, 0) is 4.74 Å². The van der Waals surface area contributed by atoms with Crippen molar-refractivity contribution >= 4 is 17.0 Å². The molecule has 1 atom stereocenters. The fourth-order valence-electron chi connectivity index (χ4n) is 2.02. The van der Waals surface area contributed by atoms with Gasteiger partial charge in [0.15, 0.2) is 0 Å². The van der Waals surface area contributed by atoms with Crippen LogP contribution < -0.4 is 5.32 Å². The SMILES string of the molecule is OC1(CNc2nc3ccccc3[nH]2)CCOC1. The number of aromatic amines is 1. The van der Waals surface area contributed by atoms with Gasteiger partial charge in [0, 0.05) is 19.6 Å². The molecule has 1 aromatic carbocycles. The lowest BCUT2D eigenvalue weighted by Crippen LogP contribution is -2.37. The molecule has 1 aromatic heterocycles. The number of rotatable bonds is 3. The van der Waals surface area contributed by atoms with Crippen LogP contribution in [0.5, 0.6) is 0 Å². The third-order valence-corrected chi connectivity index (χ3v) is 3.06. The Morgan fingerprint density at radius 2 is 2.35 bits per heavy atom. The van der Waals surface area contributed by atoms with Crippen molar-refractivity contribution in [3.05, 3.63) is 24.3 Å². The fraction of sp³-hybridized carbons (Fsp3) is 0.417. The molecule has 0 aliphatic carbocycles. The molecule has 2 heterocycles. The number of ether oxygens (including phenoxy) is 1. The number of nitrogens with one attached hydrogen (secondary N) is 2. The maximum Gasteiger partial charge on any atom is 0.201 e. The minimum absolute atomic E-state index is 0.389. The lowest BCUT2D eigenvalue weighted by atomic mass is 10.0. The van der Waals surface area contributed by atoms with E-state index < -0.39 is 5.60 Å². The summed E-state index contributed by atoms with van der Waals surface area (Å²) < 4.78 is 5.19. The van der Waals surface area contributed by atoms with Crippen molar-refractivity contribution in [1.29, 1.82) is 0 Å². The predicted molar refractivity (Wildman–Crippen MR) is 65.0 cm³/mol. The van der Waals surface area contributed by atoms with Gasteiger partial charge < -0.3 is 20.1 Å². The monoisotopic (exact) mass is 233 g/mol. The third-order valence-electron chi connectivity index (χ3n) is 3.06. The molecule has 1 fully saturated rings. The molecule has 17 heavy (non-hydrogen) atoms. The van der Waals surface area contributed by atoms with Gasteiger partial charge in [-0.2, -0.15) is 0 Å². The third kappa shape index (κ3) is 2.11. The van der Waals surface area contributed by atoms with E-state index in [2.05, 4.69) is 15.3 Å². The van der Waals surface area contributed by atoms with Crippen molar-refractivity contribution in [3.8, 4) is 0 Å². The molecule has 1 aliphatic rings. The second kappa shape index (κ2) is 4.01. The average molecular weight is 233 g/mol. The zero-order valence-electron chi connectivity index (χ0n) is 9.44. The van der Waals surface area contributed by atoms with E-state index in [0.717, 1.165) is 11.0 Å². The van der Waals surface area contributed by atoms with Crippen LogP contribution in [0, 0.1) is 0 Å². The number of hydrogen-bond acceptors (Lipinski definition) is 4. The van der Waals surface area contributed by atoms with E-state index in [1.54, 1.807) is 0 Å². The predicted octanol–water partition coefficient (Wildman–Crippen LogP) is 1.13. The van der Waals surface area contributed by atoms with Crippen LogP contribution in [0.25, 0.3) is 11.0 Å². The molecule has 5 nitrogen and oxygen atoms in total. The van der Waals surface area contributed by atoms with Gasteiger partial charge in [-0.1, -0.05) is 12.1 Å². The number of fused-ring (bicyclic) bond motifs is 1. The molecule has 1 aliphatic heterocycles. The van der Waals surface area contributed by atoms with E-state index in [1.165, 1.54) is 0 Å². The highest BCUT2D eigenvalue weighted by Crippen LogP contribution is 2.19. The summed E-state index contributed by atoms with van der Waals surface area (Å²) in [4.78, 5) is 7.55. The molecule has 0 saturated carbocycles. The number of H-pyrrole nitrogens is 1. The summed E-state index contributed by atoms with van der Waals surface area (Å²) in [6.07, 6.45) is 0.667. The van der Waals surface area contributed by atoms with Gasteiger partial charge >= 0.3 is 0 Å². The largest absolute Gasteiger partial charge is 0.386 e. The molecule has 0 bridgehead atoms. The molecule has 0 radical (unpaired) electrons. The van der Waals surface area contributed by atoms with E-state index in [9.17, 15) is 5.11 Å². The zero-order chi connectivity index (χ0) is 11.7. The van der Waals surface area contributed by atoms with Crippen molar-refractivity contribution in [3.63, 3.8) is 0 Å². The molecule has 0 spiro atoms. The van der Waals surface area contributed by atoms with E-state index >= 15 is 0 Å². The molecular formula is C12H15N3O2. The minimum Gasteiger partial charge on any atom is -0.386 e. The molecule has 90 valence electrons. The number of imidazole rings is 1. The summed E-state index contributed by atoms with van der Waals surface area (Å²) in [6.45, 7) is 1.46. The van der Waals surface area contributed by atoms with Crippen molar-refractivity contribution in [2.45, 2.75) is 12.0 Å². The van der Waals surface area contributed by atoms with Gasteiger partial charge in [0.1, 0.15) is 5.60 Å². The highest BCUT2D eigenvalue weighted by atomic mass is 16.5. The lowest BCUT2D eigenvalue weighted by Gasteiger charge is -2.20. The first-order valence-electron chi connectivity index (χ1n) is 5.74. The molecule has 3 N–H and O–H groups in total. The van der Waals surface area contributed by atoms with Crippen LogP contribution >= 0.6 is 0 Å². The Bertz CT molecular complexity index is 484. The van der Waals surface area contributed by atoms with Gasteiger partial charge in [-0.25, -0.2) is 4.98 Å². The molecular weight excluding hydrogens is 218 g/mol. The van der Waals surface area contributed by atoms with Crippen molar-refractivity contribution < 1.29 is 9.84 Å². The van der Waals surface area contributed by atoms with Crippen molar-refractivity contribution in [2.75, 3.05) is 25.1 Å². The number of aromatic nitrogens is 2. The quantitative estimate of drug-likeness (QED) is 0.743. The van der Waals surface area contributed by atoms with Gasteiger partial charge in [0.05, 0.1) is 17.6 Å². The Labute approximate surface area is 98.8 Å². The highest BCUT2D eigenvalue weighted by Gasteiger charge is 2.32. The smallest absolute Gasteiger partial charge is 0.201 e. The molecule has 0 amide bonds. The van der Waals surface area contributed by atoms with Gasteiger partial charge in [-0.05, 0) is 12.1 Å². The number of para-hydroxylation sites is 2. The summed E-state index contributed by atoms with van der Waals surface area (Å²) >= 11 is 0. The normalized spacial score (nSPS) is 24.3. The molecule has 1 saturated heterocycles. The van der Waals surface area contributed by atoms with Crippen molar-refractivity contribution in [1.82, 2.24) is 9.97 Å². The van der Waals surface area contributed by atoms with Crippen LogP contribution in [0.2, 0.25) is 0 Å². The van der Waals surface area contributed by atoms with Crippen LogP contribution in [0.1, 0.15) is 6.42 Å². The Kier molecular flexibility index (Phi) is 2.49. The lowest BCUT2D eigenvalue weighted by molar-refractivity contribution is 0.0381. The first-order valence-corrected chi connectivity index (χ1v) is 5.74. The molecule has 2 aromatic rings. The van der Waals surface area contributed by atoms with E-state index in [1.807, 2.05) is 24.3 Å². The number of nitrogens with zero attached hydrogens (tertiary/aromatic N) is 1. The number of benzene rings is 1. The fourth-order valence-corrected chi connectivity index (χ4v) is 2.02. The Balaban J connectivity index is 1.72. The van der Waals surface area contributed by atoms with Crippen LogP contribution in [-0.4, -0.2) is 40.4 Å². The summed E-state index contributed by atoms with van der Waals surface area (Å²) in [7, 11) is 0. The van der Waals surface area contributed by atoms with E-state index in [4.69, 9.17) is 4.74 Å². The van der Waals surface area contributed by atoms with Gasteiger partial charge in [0.25, 0.3) is 0 Å². The Morgan fingerprint density at radius 1 is 1.47 bits per heavy atom. The minimum atomic E-state index is -0.765. The number of aliphatic hydroxyl groups is 1. The second-order valence-electron chi connectivity index (χ2n) is 4.48. The first-order chi connectivity index (χ1) is 8.25. The van der Waals surface area contributed by atoms with Gasteiger partial charge in [-0.15, -0.1) is 0 Å². The second-order valence-corrected chi connectivity index (χ2v) is 4.48. The van der Waals surface area contributed by atoms with Crippen LogP contribution in [0.4, 0.5) is 5.95 Å². The van der Waals surface area contributed by atoms with E-state index in [-0.39, 0.29) is 0 Å². The van der Waals surface area contributed by atoms with E-state index in [0.29, 0.717) is 32.1 Å². The number of hydrogen-bond donors (Lipinski definition) is 3. The topological polar surface area (TPSA) is 70.2 Å². The summed E-state index contributed by atoms with van der Waals surface area (Å²) in [6, 6.07) is 7.83. The van der Waals surface area contributed by atoms with Gasteiger partial charge in [0.2, 0.25) is 5.95 Å². The van der Waals surface area contributed by atoms with Crippen molar-refractivity contribution in [2.24, 2.45) is 0 Å². The maximum atomic E-state index is 10.1. The molecule has 3 rings (SSSR count). The summed E-state index contributed by atoms with van der Waals surface area (Å²) in [5.74, 6) is 0.687.